The molecule has 0 unspecified atom stereocenters. The number of benzene rings is 2. The van der Waals surface area contributed by atoms with Gasteiger partial charge < -0.3 is 15.8 Å². The highest BCUT2D eigenvalue weighted by molar-refractivity contribution is 5.67. The van der Waals surface area contributed by atoms with Crippen LogP contribution in [0.25, 0.3) is 0 Å². The lowest BCUT2D eigenvalue weighted by Gasteiger charge is -2.08. The molecule has 18 heavy (non-hydrogen) atoms. The number of rotatable bonds is 3. The number of nitrogen functional groups attached to an aromatic ring is 1. The van der Waals surface area contributed by atoms with Crippen LogP contribution in [-0.4, -0.2) is 7.11 Å². The zero-order valence-corrected chi connectivity index (χ0v) is 9.97. The molecule has 0 saturated heterocycles. The van der Waals surface area contributed by atoms with Gasteiger partial charge in [0.1, 0.15) is 11.8 Å². The molecule has 0 radical (unpaired) electrons. The first kappa shape index (κ1) is 11.8. The second-order valence-corrected chi connectivity index (χ2v) is 3.77. The number of nitrogens with two attached hydrogens (primary N) is 1. The standard InChI is InChI=1S/C14H13N3O/c1-18-13-5-2-11(3-6-13)17-12-4-7-14(16)10(8-12)9-15/h2-8,17H,16H2,1H3. The molecule has 2 aromatic carbocycles. The summed E-state index contributed by atoms with van der Waals surface area (Å²) in [4.78, 5) is 0. The highest BCUT2D eigenvalue weighted by atomic mass is 16.5. The minimum Gasteiger partial charge on any atom is -0.497 e. The summed E-state index contributed by atoms with van der Waals surface area (Å²) in [5.74, 6) is 0.801. The highest BCUT2D eigenvalue weighted by Crippen LogP contribution is 2.22. The quantitative estimate of drug-likeness (QED) is 0.808. The summed E-state index contributed by atoms with van der Waals surface area (Å²) in [6.45, 7) is 0. The molecule has 0 bridgehead atoms. The number of nitrogens with zero attached hydrogens (tertiary/aromatic N) is 1. The first-order valence-electron chi connectivity index (χ1n) is 5.43. The van der Waals surface area contributed by atoms with Crippen LogP contribution in [0, 0.1) is 11.3 Å². The van der Waals surface area contributed by atoms with E-state index in [0.29, 0.717) is 11.3 Å². The molecule has 3 N–H and O–H groups in total. The van der Waals surface area contributed by atoms with Gasteiger partial charge in [-0.05, 0) is 42.5 Å². The second-order valence-electron chi connectivity index (χ2n) is 3.77. The van der Waals surface area contributed by atoms with Crippen molar-refractivity contribution in [3.63, 3.8) is 0 Å². The molecule has 2 aromatic rings. The third-order valence-corrected chi connectivity index (χ3v) is 2.55. The molecule has 0 aromatic heterocycles. The van der Waals surface area contributed by atoms with E-state index < -0.39 is 0 Å². The van der Waals surface area contributed by atoms with Crippen molar-refractivity contribution in [1.29, 1.82) is 5.26 Å². The summed E-state index contributed by atoms with van der Waals surface area (Å²) in [5, 5.41) is 12.1. The van der Waals surface area contributed by atoms with Crippen molar-refractivity contribution >= 4 is 17.1 Å². The van der Waals surface area contributed by atoms with E-state index in [1.807, 2.05) is 30.3 Å². The third kappa shape index (κ3) is 2.53. The fraction of sp³-hybridized carbons (Fsp3) is 0.0714. The molecule has 0 saturated carbocycles. The van der Waals surface area contributed by atoms with Crippen molar-refractivity contribution in [2.45, 2.75) is 0 Å². The van der Waals surface area contributed by atoms with Crippen molar-refractivity contribution in [2.75, 3.05) is 18.2 Å². The van der Waals surface area contributed by atoms with E-state index in [1.165, 1.54) is 0 Å². The lowest BCUT2D eigenvalue weighted by molar-refractivity contribution is 0.415. The van der Waals surface area contributed by atoms with Gasteiger partial charge in [-0.3, -0.25) is 0 Å². The predicted octanol–water partition coefficient (Wildman–Crippen LogP) is 2.89. The molecule has 0 atom stereocenters. The summed E-state index contributed by atoms with van der Waals surface area (Å²) >= 11 is 0. The van der Waals surface area contributed by atoms with Gasteiger partial charge in [0.05, 0.1) is 12.7 Å². The Bertz CT molecular complexity index is 585. The maximum absolute atomic E-state index is 8.90. The zero-order chi connectivity index (χ0) is 13.0. The molecule has 0 spiro atoms. The monoisotopic (exact) mass is 239 g/mol. The minimum atomic E-state index is 0.466. The molecular formula is C14H13N3O. The van der Waals surface area contributed by atoms with Crippen LogP contribution in [0.15, 0.2) is 42.5 Å². The first-order valence-corrected chi connectivity index (χ1v) is 5.43. The molecule has 0 fully saturated rings. The summed E-state index contributed by atoms with van der Waals surface area (Å²) in [7, 11) is 1.63. The number of hydrogen-bond donors (Lipinski definition) is 2. The maximum atomic E-state index is 8.90. The fourth-order valence-corrected chi connectivity index (χ4v) is 1.57. The van der Waals surface area contributed by atoms with E-state index in [4.69, 9.17) is 15.7 Å². The van der Waals surface area contributed by atoms with Crippen molar-refractivity contribution in [3.05, 3.63) is 48.0 Å². The first-order chi connectivity index (χ1) is 8.72. The van der Waals surface area contributed by atoms with Gasteiger partial charge >= 0.3 is 0 Å². The Balaban J connectivity index is 2.20. The molecule has 2 rings (SSSR count). The molecule has 4 heteroatoms. The van der Waals surface area contributed by atoms with Crippen LogP contribution in [0.5, 0.6) is 5.75 Å². The maximum Gasteiger partial charge on any atom is 0.119 e. The molecule has 0 amide bonds. The third-order valence-electron chi connectivity index (χ3n) is 2.55. The fourth-order valence-electron chi connectivity index (χ4n) is 1.57. The molecule has 0 aliphatic rings. The molecule has 0 heterocycles. The number of hydrogen-bond acceptors (Lipinski definition) is 4. The number of anilines is 3. The number of nitriles is 1. The van der Waals surface area contributed by atoms with Crippen molar-refractivity contribution in [1.82, 2.24) is 0 Å². The van der Waals surface area contributed by atoms with Gasteiger partial charge in [0.25, 0.3) is 0 Å². The highest BCUT2D eigenvalue weighted by Gasteiger charge is 2.01. The van der Waals surface area contributed by atoms with Gasteiger partial charge in [0, 0.05) is 17.1 Å². The van der Waals surface area contributed by atoms with Crippen LogP contribution >= 0.6 is 0 Å². The van der Waals surface area contributed by atoms with Gasteiger partial charge in [-0.25, -0.2) is 0 Å². The predicted molar refractivity (Wildman–Crippen MR) is 71.8 cm³/mol. The van der Waals surface area contributed by atoms with E-state index in [0.717, 1.165) is 17.1 Å². The van der Waals surface area contributed by atoms with Crippen molar-refractivity contribution in [3.8, 4) is 11.8 Å². The smallest absolute Gasteiger partial charge is 0.119 e. The summed E-state index contributed by atoms with van der Waals surface area (Å²) in [6, 6.07) is 14.9. The summed E-state index contributed by atoms with van der Waals surface area (Å²) in [5.41, 5.74) is 8.36. The van der Waals surface area contributed by atoms with Crippen LogP contribution in [0.2, 0.25) is 0 Å². The van der Waals surface area contributed by atoms with E-state index in [-0.39, 0.29) is 0 Å². The number of ether oxygens (including phenoxy) is 1. The summed E-state index contributed by atoms with van der Waals surface area (Å²) < 4.78 is 5.08. The minimum absolute atomic E-state index is 0.466. The Morgan fingerprint density at radius 3 is 2.39 bits per heavy atom. The molecule has 90 valence electrons. The van der Waals surface area contributed by atoms with Gasteiger partial charge in [-0.1, -0.05) is 0 Å². The van der Waals surface area contributed by atoms with E-state index in [2.05, 4.69) is 11.4 Å². The lowest BCUT2D eigenvalue weighted by atomic mass is 10.1. The Morgan fingerprint density at radius 2 is 1.78 bits per heavy atom. The normalized spacial score (nSPS) is 9.56. The second kappa shape index (κ2) is 5.11. The molecular weight excluding hydrogens is 226 g/mol. The number of nitrogens with one attached hydrogen (secondary N) is 1. The molecule has 0 aliphatic heterocycles. The Labute approximate surface area is 106 Å². The Hall–Kier alpha value is -2.67. The summed E-state index contributed by atoms with van der Waals surface area (Å²) in [6.07, 6.45) is 0. The Morgan fingerprint density at radius 1 is 1.11 bits per heavy atom. The average molecular weight is 239 g/mol. The number of methoxy groups -OCH3 is 1. The average Bonchev–Trinajstić information content (AvgIpc) is 2.42. The topological polar surface area (TPSA) is 71.1 Å². The van der Waals surface area contributed by atoms with E-state index in [1.54, 1.807) is 19.2 Å². The molecule has 0 aliphatic carbocycles. The van der Waals surface area contributed by atoms with Crippen LogP contribution in [0.4, 0.5) is 17.1 Å². The lowest BCUT2D eigenvalue weighted by Crippen LogP contribution is -1.94. The van der Waals surface area contributed by atoms with E-state index >= 15 is 0 Å². The van der Waals surface area contributed by atoms with Gasteiger partial charge in [0.15, 0.2) is 0 Å². The SMILES string of the molecule is COc1ccc(Nc2ccc(N)c(C#N)c2)cc1. The van der Waals surface area contributed by atoms with Crippen LogP contribution in [0.3, 0.4) is 0 Å². The van der Waals surface area contributed by atoms with Crippen molar-refractivity contribution in [2.24, 2.45) is 0 Å². The zero-order valence-electron chi connectivity index (χ0n) is 9.97. The Kier molecular flexibility index (Phi) is 3.35. The van der Waals surface area contributed by atoms with Crippen LogP contribution in [0.1, 0.15) is 5.56 Å². The van der Waals surface area contributed by atoms with Crippen molar-refractivity contribution < 1.29 is 4.74 Å². The van der Waals surface area contributed by atoms with Gasteiger partial charge in [-0.15, -0.1) is 0 Å². The largest absolute Gasteiger partial charge is 0.497 e. The molecule has 4 nitrogen and oxygen atoms in total. The van der Waals surface area contributed by atoms with Crippen LogP contribution in [-0.2, 0) is 0 Å². The van der Waals surface area contributed by atoms with Gasteiger partial charge in [-0.2, -0.15) is 5.26 Å². The van der Waals surface area contributed by atoms with Gasteiger partial charge in [0.2, 0.25) is 0 Å². The van der Waals surface area contributed by atoms with E-state index in [9.17, 15) is 0 Å². The van der Waals surface area contributed by atoms with Crippen LogP contribution < -0.4 is 15.8 Å².